The fourth-order valence-electron chi connectivity index (χ4n) is 4.20. The Hall–Kier alpha value is -0.0700. The Labute approximate surface area is 226 Å². The second-order valence-corrected chi connectivity index (χ2v) is 12.9. The molecule has 0 saturated heterocycles. The highest BCUT2D eigenvalue weighted by Gasteiger charge is 2.31. The summed E-state index contributed by atoms with van der Waals surface area (Å²) >= 11 is 2.05. The van der Waals surface area contributed by atoms with Crippen LogP contribution in [0, 0.1) is 0 Å². The third-order valence-corrected chi connectivity index (χ3v) is 9.28. The average Bonchev–Trinajstić information content (AvgIpc) is 2.86. The third-order valence-electron chi connectivity index (χ3n) is 6.54. The Balaban J connectivity index is 4.12. The molecule has 3 unspecified atom stereocenters. The lowest BCUT2D eigenvalue weighted by Crippen LogP contribution is -2.25. The quantitative estimate of drug-likeness (QED) is 0.0802. The van der Waals surface area contributed by atoms with Crippen LogP contribution in [0.15, 0.2) is 0 Å². The van der Waals surface area contributed by atoms with Gasteiger partial charge in [0.2, 0.25) is 0 Å². The lowest BCUT2D eigenvalue weighted by Gasteiger charge is -2.24. The molecule has 36 heavy (non-hydrogen) atoms. The van der Waals surface area contributed by atoms with Crippen molar-refractivity contribution in [2.75, 3.05) is 26.1 Å². The SMILES string of the molecule is CCCCCCCCCCCCCSC(CCCCCCC)C(C)OCCCOP(=O)(O)C(=O)OC. The van der Waals surface area contributed by atoms with E-state index in [9.17, 15) is 14.3 Å². The topological polar surface area (TPSA) is 82.1 Å². The molecule has 0 aliphatic rings. The Bertz CT molecular complexity index is 548. The van der Waals surface area contributed by atoms with Crippen LogP contribution >= 0.6 is 19.4 Å². The van der Waals surface area contributed by atoms with Crippen molar-refractivity contribution in [3.8, 4) is 0 Å². The minimum atomic E-state index is -4.35. The maximum atomic E-state index is 11.7. The van der Waals surface area contributed by atoms with Crippen LogP contribution in [0.3, 0.4) is 0 Å². The van der Waals surface area contributed by atoms with E-state index >= 15 is 0 Å². The summed E-state index contributed by atoms with van der Waals surface area (Å²) in [5.41, 5.74) is -1.22. The number of rotatable bonds is 27. The fraction of sp³-hybridized carbons (Fsp3) is 0.964. The highest BCUT2D eigenvalue weighted by molar-refractivity contribution is 7.99. The molecule has 0 aromatic rings. The molecular formula is C28H57O6PS. The van der Waals surface area contributed by atoms with Gasteiger partial charge < -0.3 is 18.9 Å². The Morgan fingerprint density at radius 2 is 1.28 bits per heavy atom. The Morgan fingerprint density at radius 3 is 1.81 bits per heavy atom. The molecule has 0 heterocycles. The van der Waals surface area contributed by atoms with Gasteiger partial charge in [0.05, 0.1) is 19.8 Å². The van der Waals surface area contributed by atoms with Crippen LogP contribution < -0.4 is 0 Å². The first kappa shape index (κ1) is 35.9. The molecule has 6 nitrogen and oxygen atoms in total. The molecule has 0 aliphatic carbocycles. The van der Waals surface area contributed by atoms with E-state index in [-0.39, 0.29) is 12.7 Å². The largest absolute Gasteiger partial charge is 0.460 e. The van der Waals surface area contributed by atoms with Crippen molar-refractivity contribution < 1.29 is 28.3 Å². The van der Waals surface area contributed by atoms with Gasteiger partial charge >= 0.3 is 13.3 Å². The van der Waals surface area contributed by atoms with Crippen molar-refractivity contribution in [1.29, 1.82) is 0 Å². The van der Waals surface area contributed by atoms with Gasteiger partial charge in [-0.15, -0.1) is 0 Å². The predicted molar refractivity (Wildman–Crippen MR) is 154 cm³/mol. The average molecular weight is 553 g/mol. The molecule has 0 bridgehead atoms. The zero-order chi connectivity index (χ0) is 26.9. The maximum absolute atomic E-state index is 11.7. The molecule has 0 aromatic heterocycles. The summed E-state index contributed by atoms with van der Waals surface area (Å²) in [7, 11) is -3.28. The number of ether oxygens (including phenoxy) is 2. The minimum absolute atomic E-state index is 0.0107. The molecule has 0 rings (SSSR count). The van der Waals surface area contributed by atoms with Gasteiger partial charge in [-0.25, -0.2) is 9.36 Å². The smallest absolute Gasteiger partial charge is 0.435 e. The summed E-state index contributed by atoms with van der Waals surface area (Å²) in [6.07, 6.45) is 23.2. The number of thioether (sulfide) groups is 1. The third kappa shape index (κ3) is 20.9. The first-order chi connectivity index (χ1) is 17.4. The van der Waals surface area contributed by atoms with Crippen molar-refractivity contribution in [3.63, 3.8) is 0 Å². The van der Waals surface area contributed by atoms with Gasteiger partial charge in [-0.05, 0) is 31.9 Å². The van der Waals surface area contributed by atoms with Gasteiger partial charge in [-0.1, -0.05) is 110 Å². The maximum Gasteiger partial charge on any atom is 0.435 e. The van der Waals surface area contributed by atoms with Crippen LogP contribution in [-0.4, -0.2) is 48.0 Å². The van der Waals surface area contributed by atoms with Gasteiger partial charge in [0.15, 0.2) is 0 Å². The summed E-state index contributed by atoms with van der Waals surface area (Å²) in [6.45, 7) is 7.08. The number of methoxy groups -OCH3 is 1. The fourth-order valence-corrected chi connectivity index (χ4v) is 6.26. The molecule has 0 spiro atoms. The molecular weight excluding hydrogens is 495 g/mol. The van der Waals surface area contributed by atoms with Crippen molar-refractivity contribution in [3.05, 3.63) is 0 Å². The summed E-state index contributed by atoms with van der Waals surface area (Å²) in [6, 6.07) is 0. The number of hydrogen-bond donors (Lipinski definition) is 1. The normalized spacial score (nSPS) is 14.9. The van der Waals surface area contributed by atoms with Gasteiger partial charge in [0, 0.05) is 11.9 Å². The van der Waals surface area contributed by atoms with E-state index in [1.54, 1.807) is 0 Å². The van der Waals surface area contributed by atoms with Crippen LogP contribution in [-0.2, 0) is 18.6 Å². The van der Waals surface area contributed by atoms with Gasteiger partial charge in [0.1, 0.15) is 0 Å². The second kappa shape index (κ2) is 25.2. The standard InChI is InChI=1S/C28H57O6PS/c1-5-7-9-11-12-13-14-15-16-18-20-25-36-27(22-19-17-10-8-6-2)26(3)33-23-21-24-34-35(30,31)28(29)32-4/h26-27H,5-25H2,1-4H3,(H,30,31). The van der Waals surface area contributed by atoms with Gasteiger partial charge in [-0.2, -0.15) is 11.8 Å². The molecule has 216 valence electrons. The van der Waals surface area contributed by atoms with E-state index in [1.807, 2.05) is 11.8 Å². The molecule has 8 heteroatoms. The minimum Gasteiger partial charge on any atom is -0.460 e. The second-order valence-electron chi connectivity index (χ2n) is 9.90. The monoisotopic (exact) mass is 552 g/mol. The molecule has 0 fully saturated rings. The summed E-state index contributed by atoms with van der Waals surface area (Å²) in [4.78, 5) is 20.7. The Kier molecular flexibility index (Phi) is 25.2. The zero-order valence-corrected chi connectivity index (χ0v) is 25.6. The van der Waals surface area contributed by atoms with E-state index in [2.05, 4.69) is 25.5 Å². The zero-order valence-electron chi connectivity index (χ0n) is 23.8. The lowest BCUT2D eigenvalue weighted by molar-refractivity contribution is 0.0536. The van der Waals surface area contributed by atoms with Crippen molar-refractivity contribution in [2.24, 2.45) is 0 Å². The summed E-state index contributed by atoms with van der Waals surface area (Å²) in [5.74, 6) is 1.18. The van der Waals surface area contributed by atoms with E-state index in [0.717, 1.165) is 13.5 Å². The highest BCUT2D eigenvalue weighted by Crippen LogP contribution is 2.43. The molecule has 1 N–H and O–H groups in total. The van der Waals surface area contributed by atoms with E-state index in [4.69, 9.17) is 9.26 Å². The highest BCUT2D eigenvalue weighted by atomic mass is 32.2. The molecule has 0 aliphatic heterocycles. The molecule has 0 aromatic carbocycles. The van der Waals surface area contributed by atoms with Crippen LogP contribution in [0.2, 0.25) is 0 Å². The number of carbonyl (C=O) groups excluding carboxylic acids is 1. The van der Waals surface area contributed by atoms with Crippen molar-refractivity contribution in [1.82, 2.24) is 0 Å². The van der Waals surface area contributed by atoms with Crippen molar-refractivity contribution >= 4 is 25.1 Å². The molecule has 0 amide bonds. The summed E-state index contributed by atoms with van der Waals surface area (Å²) in [5, 5.41) is 0.467. The number of hydrogen-bond acceptors (Lipinski definition) is 6. The van der Waals surface area contributed by atoms with Crippen LogP contribution in [0.1, 0.15) is 136 Å². The lowest BCUT2D eigenvalue weighted by atomic mass is 10.1. The molecule has 0 radical (unpaired) electrons. The predicted octanol–water partition coefficient (Wildman–Crippen LogP) is 9.52. The number of unbranched alkanes of at least 4 members (excludes halogenated alkanes) is 14. The first-order valence-electron chi connectivity index (χ1n) is 14.7. The van der Waals surface area contributed by atoms with Crippen molar-refractivity contribution in [2.45, 2.75) is 148 Å². The first-order valence-corrected chi connectivity index (χ1v) is 17.3. The molecule has 0 saturated carbocycles. The van der Waals surface area contributed by atoms with E-state index < -0.39 is 13.3 Å². The van der Waals surface area contributed by atoms with Gasteiger partial charge in [-0.3, -0.25) is 0 Å². The Morgan fingerprint density at radius 1 is 0.778 bits per heavy atom. The van der Waals surface area contributed by atoms with Crippen LogP contribution in [0.25, 0.3) is 0 Å². The van der Waals surface area contributed by atoms with Crippen LogP contribution in [0.4, 0.5) is 4.79 Å². The summed E-state index contributed by atoms with van der Waals surface area (Å²) < 4.78 is 26.8. The molecule has 3 atom stereocenters. The van der Waals surface area contributed by atoms with Crippen LogP contribution in [0.5, 0.6) is 0 Å². The number of carbonyl (C=O) groups is 1. The van der Waals surface area contributed by atoms with E-state index in [1.165, 1.54) is 108 Å². The van der Waals surface area contributed by atoms with E-state index in [0.29, 0.717) is 18.3 Å². The van der Waals surface area contributed by atoms with Gasteiger partial charge in [0.25, 0.3) is 0 Å².